The molecule has 8 heteroatoms. The van der Waals surface area contributed by atoms with Crippen LogP contribution < -0.4 is 15.8 Å². The highest BCUT2D eigenvalue weighted by molar-refractivity contribution is 6.05. The van der Waals surface area contributed by atoms with Crippen LogP contribution in [-0.2, 0) is 16.1 Å². The lowest BCUT2D eigenvalue weighted by molar-refractivity contribution is -0.136. The highest BCUT2D eigenvalue weighted by Crippen LogP contribution is 2.33. The zero-order valence-electron chi connectivity index (χ0n) is 14.2. The van der Waals surface area contributed by atoms with Gasteiger partial charge >= 0.3 is 0 Å². The number of imide groups is 1. The smallest absolute Gasteiger partial charge is 0.255 e. The number of nitrogens with two attached hydrogens (primary N) is 1. The number of nitrogens with zero attached hydrogens (tertiary/aromatic N) is 1. The lowest BCUT2D eigenvalue weighted by Gasteiger charge is -2.29. The second-order valence-electron chi connectivity index (χ2n) is 7.09. The van der Waals surface area contributed by atoms with Crippen molar-refractivity contribution in [3.63, 3.8) is 0 Å². The summed E-state index contributed by atoms with van der Waals surface area (Å²) in [4.78, 5) is 37.4. The Morgan fingerprint density at radius 2 is 2.00 bits per heavy atom. The van der Waals surface area contributed by atoms with Crippen LogP contribution in [-0.4, -0.2) is 40.8 Å². The summed E-state index contributed by atoms with van der Waals surface area (Å²) in [7, 11) is 0. The molecular weight excluding hydrogens is 341 g/mol. The molecule has 2 fully saturated rings. The average Bonchev–Trinajstić information content (AvgIpc) is 3.13. The van der Waals surface area contributed by atoms with Crippen molar-refractivity contribution in [1.82, 2.24) is 10.2 Å². The van der Waals surface area contributed by atoms with Crippen LogP contribution in [0.1, 0.15) is 48.0 Å². The van der Waals surface area contributed by atoms with Gasteiger partial charge in [-0.25, -0.2) is 4.39 Å². The Kier molecular flexibility index (Phi) is 4.14. The van der Waals surface area contributed by atoms with E-state index in [1.165, 1.54) is 17.0 Å². The minimum absolute atomic E-state index is 0.0871. The lowest BCUT2D eigenvalue weighted by atomic mass is 10.0. The Bertz CT molecular complexity index is 797. The summed E-state index contributed by atoms with van der Waals surface area (Å²) >= 11 is 0. The van der Waals surface area contributed by atoms with Gasteiger partial charge in [-0.1, -0.05) is 0 Å². The second-order valence-corrected chi connectivity index (χ2v) is 7.09. The standard InChI is InChI=1S/C18H20FN3O4/c19-11-7-10-9(6-15(11)26-14-3-1-2-12(14)20)8-22(18(10)25)13-4-5-16(23)21-17(13)24/h6-7,12-14H,1-5,8,20H2,(H,21,23,24). The van der Waals surface area contributed by atoms with Crippen molar-refractivity contribution in [3.8, 4) is 5.75 Å². The van der Waals surface area contributed by atoms with Crippen molar-refractivity contribution >= 4 is 17.7 Å². The van der Waals surface area contributed by atoms with Crippen LogP contribution in [0.25, 0.3) is 0 Å². The molecule has 3 atom stereocenters. The summed E-state index contributed by atoms with van der Waals surface area (Å²) in [5.74, 6) is -1.76. The number of hydrogen-bond donors (Lipinski definition) is 2. The Balaban J connectivity index is 1.56. The van der Waals surface area contributed by atoms with Crippen LogP contribution in [0.2, 0.25) is 0 Å². The van der Waals surface area contributed by atoms with Crippen LogP contribution in [0.4, 0.5) is 4.39 Å². The Morgan fingerprint density at radius 1 is 1.19 bits per heavy atom. The van der Waals surface area contributed by atoms with Crippen LogP contribution >= 0.6 is 0 Å². The molecule has 138 valence electrons. The highest BCUT2D eigenvalue weighted by Gasteiger charge is 2.40. The fourth-order valence-corrected chi connectivity index (χ4v) is 3.92. The number of amides is 3. The van der Waals surface area contributed by atoms with Gasteiger partial charge in [0.15, 0.2) is 11.6 Å². The first kappa shape index (κ1) is 17.0. The largest absolute Gasteiger partial charge is 0.486 e. The number of carbonyl (C=O) groups excluding carboxylic acids is 3. The van der Waals surface area contributed by atoms with Crippen molar-refractivity contribution in [3.05, 3.63) is 29.1 Å². The Labute approximate surface area is 149 Å². The zero-order chi connectivity index (χ0) is 18.4. The average molecular weight is 361 g/mol. The zero-order valence-corrected chi connectivity index (χ0v) is 14.2. The van der Waals surface area contributed by atoms with E-state index in [1.807, 2.05) is 0 Å². The third kappa shape index (κ3) is 2.84. The van der Waals surface area contributed by atoms with Crippen LogP contribution in [0.15, 0.2) is 12.1 Å². The van der Waals surface area contributed by atoms with Crippen molar-refractivity contribution in [2.75, 3.05) is 0 Å². The molecule has 0 spiro atoms. The molecule has 0 radical (unpaired) electrons. The lowest BCUT2D eigenvalue weighted by Crippen LogP contribution is -2.52. The van der Waals surface area contributed by atoms with E-state index in [4.69, 9.17) is 10.5 Å². The first-order valence-corrected chi connectivity index (χ1v) is 8.83. The summed E-state index contributed by atoms with van der Waals surface area (Å²) in [5, 5.41) is 2.25. The predicted octanol–water partition coefficient (Wildman–Crippen LogP) is 0.845. The molecule has 7 nitrogen and oxygen atoms in total. The normalized spacial score (nSPS) is 28.3. The van der Waals surface area contributed by atoms with Gasteiger partial charge in [0.05, 0.1) is 0 Å². The molecule has 26 heavy (non-hydrogen) atoms. The van der Waals surface area contributed by atoms with E-state index in [0.29, 0.717) is 5.56 Å². The van der Waals surface area contributed by atoms with Crippen LogP contribution in [0.3, 0.4) is 0 Å². The molecule has 2 heterocycles. The molecule has 1 aromatic rings. The number of benzene rings is 1. The van der Waals surface area contributed by atoms with Crippen molar-refractivity contribution < 1.29 is 23.5 Å². The van der Waals surface area contributed by atoms with Crippen molar-refractivity contribution in [2.45, 2.75) is 56.8 Å². The maximum Gasteiger partial charge on any atom is 0.255 e. The number of hydrogen-bond acceptors (Lipinski definition) is 5. The molecule has 1 saturated heterocycles. The molecule has 1 aliphatic carbocycles. The van der Waals surface area contributed by atoms with Crippen LogP contribution in [0, 0.1) is 5.82 Å². The van der Waals surface area contributed by atoms with Gasteiger partial charge < -0.3 is 15.4 Å². The summed E-state index contributed by atoms with van der Waals surface area (Å²) < 4.78 is 20.2. The van der Waals surface area contributed by atoms with E-state index in [2.05, 4.69) is 5.32 Å². The molecule has 0 aromatic heterocycles. The molecule has 3 unspecified atom stereocenters. The van der Waals surface area contributed by atoms with Gasteiger partial charge in [-0.05, 0) is 43.4 Å². The molecule has 1 saturated carbocycles. The predicted molar refractivity (Wildman–Crippen MR) is 88.7 cm³/mol. The van der Waals surface area contributed by atoms with Gasteiger partial charge in [0.1, 0.15) is 12.1 Å². The quantitative estimate of drug-likeness (QED) is 0.777. The van der Waals surface area contributed by atoms with Crippen molar-refractivity contribution in [1.29, 1.82) is 0 Å². The van der Waals surface area contributed by atoms with Gasteiger partial charge in [0, 0.05) is 24.6 Å². The first-order chi connectivity index (χ1) is 12.4. The minimum atomic E-state index is -0.719. The number of nitrogens with one attached hydrogen (secondary N) is 1. The van der Waals surface area contributed by atoms with E-state index in [9.17, 15) is 18.8 Å². The molecule has 2 aliphatic heterocycles. The van der Waals surface area contributed by atoms with E-state index < -0.39 is 23.7 Å². The molecule has 3 aliphatic rings. The number of carbonyl (C=O) groups is 3. The van der Waals surface area contributed by atoms with Crippen molar-refractivity contribution in [2.24, 2.45) is 5.73 Å². The third-order valence-electron chi connectivity index (χ3n) is 5.36. The fraction of sp³-hybridized carbons (Fsp3) is 0.500. The van der Waals surface area contributed by atoms with E-state index >= 15 is 0 Å². The van der Waals surface area contributed by atoms with E-state index in [-0.39, 0.29) is 48.8 Å². The molecule has 3 amide bonds. The monoisotopic (exact) mass is 361 g/mol. The first-order valence-electron chi connectivity index (χ1n) is 8.83. The summed E-state index contributed by atoms with van der Waals surface area (Å²) in [6.07, 6.45) is 2.79. The van der Waals surface area contributed by atoms with E-state index in [1.54, 1.807) is 0 Å². The summed E-state index contributed by atoms with van der Waals surface area (Å²) in [6, 6.07) is 1.85. The van der Waals surface area contributed by atoms with Gasteiger partial charge in [0.25, 0.3) is 5.91 Å². The van der Waals surface area contributed by atoms with E-state index in [0.717, 1.165) is 19.3 Å². The SMILES string of the molecule is NC1CCCC1Oc1cc2c(cc1F)C(=O)N(C1CCC(=O)NC1=O)C2. The molecular formula is C18H20FN3O4. The van der Waals surface area contributed by atoms with Gasteiger partial charge in [-0.3, -0.25) is 19.7 Å². The highest BCUT2D eigenvalue weighted by atomic mass is 19.1. The number of fused-ring (bicyclic) bond motifs is 1. The van der Waals surface area contributed by atoms with Gasteiger partial charge in [-0.2, -0.15) is 0 Å². The third-order valence-corrected chi connectivity index (χ3v) is 5.36. The molecule has 4 rings (SSSR count). The number of piperidine rings is 1. The summed E-state index contributed by atoms with van der Waals surface area (Å²) in [6.45, 7) is 0.188. The molecule has 3 N–H and O–H groups in total. The topological polar surface area (TPSA) is 102 Å². The number of halogens is 1. The minimum Gasteiger partial charge on any atom is -0.486 e. The number of rotatable bonds is 3. The Morgan fingerprint density at radius 3 is 2.69 bits per heavy atom. The maximum absolute atomic E-state index is 14.4. The Hall–Kier alpha value is -2.48. The molecule has 1 aromatic carbocycles. The fourth-order valence-electron chi connectivity index (χ4n) is 3.92. The van der Waals surface area contributed by atoms with Gasteiger partial charge in [0.2, 0.25) is 11.8 Å². The molecule has 0 bridgehead atoms. The summed E-state index contributed by atoms with van der Waals surface area (Å²) in [5.41, 5.74) is 6.82. The second kappa shape index (κ2) is 6.35. The maximum atomic E-state index is 14.4. The number of ether oxygens (including phenoxy) is 1. The van der Waals surface area contributed by atoms with Gasteiger partial charge in [-0.15, -0.1) is 0 Å². The van der Waals surface area contributed by atoms with Crippen LogP contribution in [0.5, 0.6) is 5.75 Å².